The molecule has 0 fully saturated rings. The molecule has 4 heteroatoms. The number of hydrogen-bond acceptors (Lipinski definition) is 3. The number of benzene rings is 1. The number of hydrogen-bond donors (Lipinski definition) is 1. The molecule has 0 spiro atoms. The van der Waals surface area contributed by atoms with E-state index in [-0.39, 0.29) is 30.2 Å². The van der Waals surface area contributed by atoms with Crippen molar-refractivity contribution in [1.82, 2.24) is 4.90 Å². The minimum Gasteiger partial charge on any atom is -0.326 e. The van der Waals surface area contributed by atoms with Crippen LogP contribution in [-0.2, 0) is 11.2 Å². The average Bonchev–Trinajstić information content (AvgIpc) is 2.42. The molecule has 0 radical (unpaired) electrons. The lowest BCUT2D eigenvalue weighted by Crippen LogP contribution is -2.49. The van der Waals surface area contributed by atoms with E-state index in [1.165, 1.54) is 4.90 Å². The monoisotopic (exact) mass is 260 g/mol. The fourth-order valence-corrected chi connectivity index (χ4v) is 2.28. The number of fused-ring (bicyclic) bond motifs is 1. The van der Waals surface area contributed by atoms with Gasteiger partial charge >= 0.3 is 0 Å². The van der Waals surface area contributed by atoms with E-state index in [4.69, 9.17) is 5.73 Å². The van der Waals surface area contributed by atoms with Gasteiger partial charge in [-0.25, -0.2) is 0 Å². The number of rotatable bonds is 4. The molecule has 0 aromatic heterocycles. The molecule has 102 valence electrons. The molecule has 2 N–H and O–H groups in total. The second-order valence-corrected chi connectivity index (χ2v) is 5.19. The molecule has 4 nitrogen and oxygen atoms in total. The van der Waals surface area contributed by atoms with Gasteiger partial charge < -0.3 is 5.73 Å². The van der Waals surface area contributed by atoms with Gasteiger partial charge in [0.2, 0.25) is 5.91 Å². The minimum absolute atomic E-state index is 0.151. The SMILES string of the molecule is CCC(C)C(N)CN1C(=O)Cc2ccccc2C1=O. The normalized spacial score (nSPS) is 18.2. The van der Waals surface area contributed by atoms with Gasteiger partial charge in [0, 0.05) is 18.2 Å². The van der Waals surface area contributed by atoms with E-state index in [2.05, 4.69) is 6.92 Å². The summed E-state index contributed by atoms with van der Waals surface area (Å²) in [5.74, 6) is -0.0779. The number of carbonyl (C=O) groups is 2. The number of carbonyl (C=O) groups excluding carboxylic acids is 2. The van der Waals surface area contributed by atoms with Crippen LogP contribution in [0.25, 0.3) is 0 Å². The number of amides is 2. The van der Waals surface area contributed by atoms with Crippen LogP contribution < -0.4 is 5.73 Å². The van der Waals surface area contributed by atoms with Crippen molar-refractivity contribution in [1.29, 1.82) is 0 Å². The zero-order valence-corrected chi connectivity index (χ0v) is 11.4. The standard InChI is InChI=1S/C15H20N2O2/c1-3-10(2)13(16)9-17-14(18)8-11-6-4-5-7-12(11)15(17)19/h4-7,10,13H,3,8-9,16H2,1-2H3. The van der Waals surface area contributed by atoms with Crippen LogP contribution >= 0.6 is 0 Å². The largest absolute Gasteiger partial charge is 0.326 e. The Morgan fingerprint density at radius 2 is 2.00 bits per heavy atom. The van der Waals surface area contributed by atoms with E-state index in [9.17, 15) is 9.59 Å². The van der Waals surface area contributed by atoms with E-state index >= 15 is 0 Å². The van der Waals surface area contributed by atoms with Crippen LogP contribution in [0.1, 0.15) is 36.2 Å². The fourth-order valence-electron chi connectivity index (χ4n) is 2.28. The molecule has 2 amide bonds. The van der Waals surface area contributed by atoms with Crippen LogP contribution in [0.15, 0.2) is 24.3 Å². The van der Waals surface area contributed by atoms with Crippen molar-refractivity contribution in [2.24, 2.45) is 11.7 Å². The van der Waals surface area contributed by atoms with Gasteiger partial charge in [0.05, 0.1) is 6.42 Å². The topological polar surface area (TPSA) is 63.4 Å². The van der Waals surface area contributed by atoms with E-state index in [0.717, 1.165) is 12.0 Å². The lowest BCUT2D eigenvalue weighted by atomic mass is 9.95. The summed E-state index contributed by atoms with van der Waals surface area (Å²) in [4.78, 5) is 25.7. The third-order valence-corrected chi connectivity index (χ3v) is 3.90. The second kappa shape index (κ2) is 5.53. The molecule has 0 saturated carbocycles. The molecule has 1 aliphatic heterocycles. The Kier molecular flexibility index (Phi) is 4.00. The third kappa shape index (κ3) is 2.68. The Bertz CT molecular complexity index is 499. The number of nitrogens with two attached hydrogens (primary N) is 1. The first-order chi connectivity index (χ1) is 9.04. The van der Waals surface area contributed by atoms with Gasteiger partial charge in [-0.05, 0) is 17.5 Å². The minimum atomic E-state index is -0.217. The molecule has 1 aromatic rings. The molecular weight excluding hydrogens is 240 g/mol. The van der Waals surface area contributed by atoms with Crippen LogP contribution in [-0.4, -0.2) is 29.3 Å². The van der Waals surface area contributed by atoms with E-state index in [0.29, 0.717) is 12.1 Å². The quantitative estimate of drug-likeness (QED) is 0.836. The first-order valence-corrected chi connectivity index (χ1v) is 6.72. The van der Waals surface area contributed by atoms with Crippen LogP contribution in [0.5, 0.6) is 0 Å². The van der Waals surface area contributed by atoms with Crippen LogP contribution in [0.4, 0.5) is 0 Å². The highest BCUT2D eigenvalue weighted by Gasteiger charge is 2.32. The van der Waals surface area contributed by atoms with Gasteiger partial charge in [-0.1, -0.05) is 38.5 Å². The Morgan fingerprint density at radius 1 is 1.32 bits per heavy atom. The second-order valence-electron chi connectivity index (χ2n) is 5.19. The summed E-state index contributed by atoms with van der Waals surface area (Å²) in [6.45, 7) is 4.40. The molecule has 2 rings (SSSR count). The molecule has 2 unspecified atom stereocenters. The van der Waals surface area contributed by atoms with Gasteiger partial charge in [0.1, 0.15) is 0 Å². The van der Waals surface area contributed by atoms with Gasteiger partial charge in [0.15, 0.2) is 0 Å². The highest BCUT2D eigenvalue weighted by atomic mass is 16.2. The van der Waals surface area contributed by atoms with Crippen LogP contribution in [0.3, 0.4) is 0 Å². The Labute approximate surface area is 113 Å². The summed E-state index contributed by atoms with van der Waals surface area (Å²) in [5, 5.41) is 0. The summed E-state index contributed by atoms with van der Waals surface area (Å²) in [6.07, 6.45) is 1.23. The fraction of sp³-hybridized carbons (Fsp3) is 0.467. The Morgan fingerprint density at radius 3 is 2.68 bits per heavy atom. The van der Waals surface area contributed by atoms with Crippen molar-refractivity contribution in [3.05, 3.63) is 35.4 Å². The van der Waals surface area contributed by atoms with Crippen molar-refractivity contribution in [2.45, 2.75) is 32.7 Å². The van der Waals surface area contributed by atoms with Gasteiger partial charge in [-0.15, -0.1) is 0 Å². The summed E-state index contributed by atoms with van der Waals surface area (Å²) in [5.41, 5.74) is 7.49. The molecule has 2 atom stereocenters. The molecule has 1 aromatic carbocycles. The molecule has 0 aliphatic carbocycles. The average molecular weight is 260 g/mol. The first-order valence-electron chi connectivity index (χ1n) is 6.72. The lowest BCUT2D eigenvalue weighted by Gasteiger charge is -2.30. The highest BCUT2D eigenvalue weighted by Crippen LogP contribution is 2.20. The zero-order valence-electron chi connectivity index (χ0n) is 11.4. The molecular formula is C15H20N2O2. The van der Waals surface area contributed by atoms with E-state index in [1.54, 1.807) is 6.07 Å². The highest BCUT2D eigenvalue weighted by molar-refractivity contribution is 6.09. The molecule has 1 aliphatic rings. The maximum Gasteiger partial charge on any atom is 0.260 e. The van der Waals surface area contributed by atoms with E-state index < -0.39 is 0 Å². The van der Waals surface area contributed by atoms with Crippen molar-refractivity contribution in [3.63, 3.8) is 0 Å². The lowest BCUT2D eigenvalue weighted by molar-refractivity contribution is -0.128. The predicted molar refractivity (Wildman–Crippen MR) is 73.6 cm³/mol. The van der Waals surface area contributed by atoms with Gasteiger partial charge in [0.25, 0.3) is 5.91 Å². The zero-order chi connectivity index (χ0) is 14.0. The van der Waals surface area contributed by atoms with Crippen molar-refractivity contribution < 1.29 is 9.59 Å². The molecule has 19 heavy (non-hydrogen) atoms. The number of nitrogens with zero attached hydrogens (tertiary/aromatic N) is 1. The smallest absolute Gasteiger partial charge is 0.260 e. The van der Waals surface area contributed by atoms with Crippen molar-refractivity contribution in [2.75, 3.05) is 6.54 Å². The van der Waals surface area contributed by atoms with Crippen molar-refractivity contribution >= 4 is 11.8 Å². The van der Waals surface area contributed by atoms with E-state index in [1.807, 2.05) is 25.1 Å². The third-order valence-electron chi connectivity index (χ3n) is 3.90. The van der Waals surface area contributed by atoms with Crippen molar-refractivity contribution in [3.8, 4) is 0 Å². The Hall–Kier alpha value is -1.68. The van der Waals surface area contributed by atoms with Crippen LogP contribution in [0.2, 0.25) is 0 Å². The molecule has 0 saturated heterocycles. The van der Waals surface area contributed by atoms with Crippen LogP contribution in [0, 0.1) is 5.92 Å². The molecule has 1 heterocycles. The summed E-state index contributed by atoms with van der Waals surface area (Å²) in [7, 11) is 0. The van der Waals surface area contributed by atoms with Gasteiger partial charge in [-0.2, -0.15) is 0 Å². The Balaban J connectivity index is 2.20. The summed E-state index contributed by atoms with van der Waals surface area (Å²) >= 11 is 0. The number of imide groups is 1. The molecule has 0 bridgehead atoms. The maximum atomic E-state index is 12.3. The summed E-state index contributed by atoms with van der Waals surface area (Å²) in [6, 6.07) is 7.10. The summed E-state index contributed by atoms with van der Waals surface area (Å²) < 4.78 is 0. The maximum absolute atomic E-state index is 12.3. The first kappa shape index (κ1) is 13.7. The predicted octanol–water partition coefficient (Wildman–Crippen LogP) is 1.58. The van der Waals surface area contributed by atoms with Gasteiger partial charge in [-0.3, -0.25) is 14.5 Å².